The normalized spacial score (nSPS) is 16.0. The third kappa shape index (κ3) is 4.01. The van der Waals surface area contributed by atoms with Crippen LogP contribution in [-0.2, 0) is 0 Å². The lowest BCUT2D eigenvalue weighted by Gasteiger charge is -2.22. The van der Waals surface area contributed by atoms with Crippen LogP contribution in [-0.4, -0.2) is 34.9 Å². The van der Waals surface area contributed by atoms with Gasteiger partial charge in [0.1, 0.15) is 11.9 Å². The van der Waals surface area contributed by atoms with Crippen LogP contribution in [0.2, 0.25) is 0 Å². The van der Waals surface area contributed by atoms with Gasteiger partial charge in [-0.05, 0) is 54.5 Å². The van der Waals surface area contributed by atoms with Gasteiger partial charge in [0, 0.05) is 5.56 Å². The van der Waals surface area contributed by atoms with Gasteiger partial charge in [-0.3, -0.25) is 4.79 Å². The predicted molar refractivity (Wildman–Crippen MR) is 130 cm³/mol. The molecule has 5 rings (SSSR count). The Bertz CT molecular complexity index is 1520. The number of thiazole rings is 1. The monoisotopic (exact) mass is 459 g/mol. The van der Waals surface area contributed by atoms with Gasteiger partial charge < -0.3 is 14.2 Å². The van der Waals surface area contributed by atoms with E-state index in [1.165, 1.54) is 15.9 Å². The summed E-state index contributed by atoms with van der Waals surface area (Å²) in [5.41, 5.74) is 2.64. The molecule has 0 spiro atoms. The van der Waals surface area contributed by atoms with E-state index in [9.17, 15) is 4.79 Å². The number of methoxy groups -OCH3 is 2. The molecule has 33 heavy (non-hydrogen) atoms. The van der Waals surface area contributed by atoms with E-state index in [1.54, 1.807) is 20.3 Å². The number of nitrogens with zero attached hydrogens (tertiary/aromatic N) is 3. The van der Waals surface area contributed by atoms with Crippen molar-refractivity contribution in [3.8, 4) is 17.2 Å². The van der Waals surface area contributed by atoms with Crippen LogP contribution < -0.4 is 24.3 Å². The first-order valence-corrected chi connectivity index (χ1v) is 11.2. The summed E-state index contributed by atoms with van der Waals surface area (Å²) < 4.78 is 18.5. The lowest BCUT2D eigenvalue weighted by atomic mass is 10.0. The van der Waals surface area contributed by atoms with Crippen LogP contribution in [0.15, 0.2) is 52.8 Å². The largest absolute Gasteiger partial charge is 0.493 e. The molecule has 0 amide bonds. The summed E-state index contributed by atoms with van der Waals surface area (Å²) in [6, 6.07) is 13.4. The molecule has 1 aliphatic rings. The molecule has 3 heterocycles. The number of hydrogen-bond donors (Lipinski definition) is 0. The van der Waals surface area contributed by atoms with E-state index in [-0.39, 0.29) is 11.7 Å². The molecule has 2 aromatic carbocycles. The Hall–Kier alpha value is -3.91. The first-order valence-electron chi connectivity index (χ1n) is 10.3. The van der Waals surface area contributed by atoms with Crippen LogP contribution in [0, 0.1) is 0 Å². The quantitative estimate of drug-likeness (QED) is 0.453. The molecule has 7 nitrogen and oxygen atoms in total. The highest BCUT2D eigenvalue weighted by Crippen LogP contribution is 2.30. The van der Waals surface area contributed by atoms with Crippen molar-refractivity contribution < 1.29 is 14.2 Å². The number of fused-ring (bicyclic) bond motifs is 2. The molecule has 2 aromatic heterocycles. The zero-order valence-corrected chi connectivity index (χ0v) is 19.1. The standard InChI is InChI=1S/C25H21N3O4S/c1-15-18(13-17-6-4-5-7-19(17)32-15)14-22-24(29)28-25(33-22)26-23(27-28)11-9-16-8-10-20(30-2)21(12-16)31-3/h4-15H,1-3H3. The van der Waals surface area contributed by atoms with E-state index in [0.29, 0.717) is 26.8 Å². The van der Waals surface area contributed by atoms with Crippen molar-refractivity contribution >= 4 is 40.6 Å². The van der Waals surface area contributed by atoms with E-state index in [2.05, 4.69) is 16.2 Å². The Morgan fingerprint density at radius 1 is 1.09 bits per heavy atom. The fourth-order valence-corrected chi connectivity index (χ4v) is 4.53. The molecular weight excluding hydrogens is 438 g/mol. The van der Waals surface area contributed by atoms with Crippen molar-refractivity contribution in [1.29, 1.82) is 0 Å². The lowest BCUT2D eigenvalue weighted by Crippen LogP contribution is -2.26. The van der Waals surface area contributed by atoms with Crippen molar-refractivity contribution in [3.63, 3.8) is 0 Å². The summed E-state index contributed by atoms with van der Waals surface area (Å²) in [6.07, 6.45) is 7.39. The molecule has 1 unspecified atom stereocenters. The first kappa shape index (κ1) is 21.0. The third-order valence-electron chi connectivity index (χ3n) is 5.34. The molecule has 1 atom stereocenters. The molecule has 1 aliphatic heterocycles. The maximum absolute atomic E-state index is 12.9. The van der Waals surface area contributed by atoms with Crippen molar-refractivity contribution in [2.75, 3.05) is 14.2 Å². The third-order valence-corrected chi connectivity index (χ3v) is 6.30. The zero-order valence-electron chi connectivity index (χ0n) is 18.3. The number of aromatic nitrogens is 3. The second kappa shape index (κ2) is 8.55. The van der Waals surface area contributed by atoms with Crippen LogP contribution in [0.5, 0.6) is 17.2 Å². The van der Waals surface area contributed by atoms with E-state index in [0.717, 1.165) is 22.4 Å². The maximum atomic E-state index is 12.9. The molecule has 0 saturated carbocycles. The van der Waals surface area contributed by atoms with Crippen molar-refractivity contribution in [1.82, 2.24) is 14.6 Å². The summed E-state index contributed by atoms with van der Waals surface area (Å²) in [6.45, 7) is 1.97. The second-order valence-electron chi connectivity index (χ2n) is 7.47. The molecule has 4 aromatic rings. The van der Waals surface area contributed by atoms with Crippen LogP contribution in [0.3, 0.4) is 0 Å². The first-order chi connectivity index (χ1) is 16.1. The van der Waals surface area contributed by atoms with Crippen LogP contribution in [0.25, 0.3) is 29.3 Å². The lowest BCUT2D eigenvalue weighted by molar-refractivity contribution is 0.259. The van der Waals surface area contributed by atoms with Gasteiger partial charge in [-0.1, -0.05) is 41.7 Å². The molecule has 0 bridgehead atoms. The van der Waals surface area contributed by atoms with Gasteiger partial charge in [0.2, 0.25) is 4.96 Å². The highest BCUT2D eigenvalue weighted by molar-refractivity contribution is 7.15. The second-order valence-corrected chi connectivity index (χ2v) is 8.48. The minimum Gasteiger partial charge on any atom is -0.493 e. The molecule has 166 valence electrons. The molecule has 0 saturated heterocycles. The van der Waals surface area contributed by atoms with Gasteiger partial charge in [-0.25, -0.2) is 0 Å². The van der Waals surface area contributed by atoms with Crippen LogP contribution in [0.4, 0.5) is 0 Å². The average Bonchev–Trinajstić information content (AvgIpc) is 3.36. The number of para-hydroxylation sites is 1. The summed E-state index contributed by atoms with van der Waals surface area (Å²) >= 11 is 1.31. The molecule has 8 heteroatoms. The number of hydrogen-bond acceptors (Lipinski definition) is 7. The summed E-state index contributed by atoms with van der Waals surface area (Å²) in [5, 5.41) is 4.36. The molecule has 0 fully saturated rings. The van der Waals surface area contributed by atoms with Gasteiger partial charge in [0.25, 0.3) is 5.56 Å². The van der Waals surface area contributed by atoms with Crippen molar-refractivity contribution in [2.45, 2.75) is 13.0 Å². The Kier molecular flexibility index (Phi) is 5.43. The average molecular weight is 460 g/mol. The van der Waals surface area contributed by atoms with E-state index < -0.39 is 0 Å². The molecular formula is C25H21N3O4S. The van der Waals surface area contributed by atoms with E-state index in [4.69, 9.17) is 14.2 Å². The number of rotatable bonds is 5. The smallest absolute Gasteiger partial charge is 0.291 e. The predicted octanol–water partition coefficient (Wildman–Crippen LogP) is 3.70. The van der Waals surface area contributed by atoms with Gasteiger partial charge in [-0.2, -0.15) is 9.50 Å². The summed E-state index contributed by atoms with van der Waals surface area (Å²) in [7, 11) is 3.19. The van der Waals surface area contributed by atoms with Gasteiger partial charge >= 0.3 is 0 Å². The van der Waals surface area contributed by atoms with Gasteiger partial charge in [-0.15, -0.1) is 5.10 Å². The van der Waals surface area contributed by atoms with Crippen LogP contribution in [0.1, 0.15) is 23.9 Å². The van der Waals surface area contributed by atoms with Crippen molar-refractivity contribution in [3.05, 3.63) is 79.9 Å². The SMILES string of the molecule is COc1ccc(C=Cc2nc3sc(=CC4=Cc5ccccc5OC4C)c(=O)n3n2)cc1OC. The summed E-state index contributed by atoms with van der Waals surface area (Å²) in [5.74, 6) is 2.60. The Labute approximate surface area is 193 Å². The van der Waals surface area contributed by atoms with Crippen LogP contribution >= 0.6 is 11.3 Å². The van der Waals surface area contributed by atoms with E-state index in [1.807, 2.05) is 61.5 Å². The Morgan fingerprint density at radius 2 is 1.91 bits per heavy atom. The Morgan fingerprint density at radius 3 is 2.70 bits per heavy atom. The summed E-state index contributed by atoms with van der Waals surface area (Å²) in [4.78, 5) is 17.9. The zero-order chi connectivity index (χ0) is 22.9. The molecule has 0 aliphatic carbocycles. The van der Waals surface area contributed by atoms with Gasteiger partial charge in [0.05, 0.1) is 18.8 Å². The highest BCUT2D eigenvalue weighted by Gasteiger charge is 2.18. The minimum absolute atomic E-state index is 0.151. The Balaban J connectivity index is 1.44. The molecule has 0 radical (unpaired) electrons. The molecule has 0 N–H and O–H groups in total. The highest BCUT2D eigenvalue weighted by atomic mass is 32.1. The fraction of sp³-hybridized carbons (Fsp3) is 0.160. The van der Waals surface area contributed by atoms with Gasteiger partial charge in [0.15, 0.2) is 17.3 Å². The number of ether oxygens (including phenoxy) is 3. The fourth-order valence-electron chi connectivity index (χ4n) is 3.62. The number of benzene rings is 2. The minimum atomic E-state index is -0.194. The van der Waals surface area contributed by atoms with E-state index >= 15 is 0 Å². The van der Waals surface area contributed by atoms with Crippen molar-refractivity contribution in [2.24, 2.45) is 0 Å². The topological polar surface area (TPSA) is 75.0 Å². The maximum Gasteiger partial charge on any atom is 0.291 e.